The Labute approximate surface area is 87.5 Å². The summed E-state index contributed by atoms with van der Waals surface area (Å²) in [6.45, 7) is 1.68. The first-order valence-electron chi connectivity index (χ1n) is 4.64. The number of carbonyl (C=O) groups excluding carboxylic acids is 2. The van der Waals surface area contributed by atoms with Crippen molar-refractivity contribution in [3.05, 3.63) is 24.3 Å². The van der Waals surface area contributed by atoms with E-state index in [0.29, 0.717) is 6.42 Å². The third kappa shape index (κ3) is 3.42. The molecule has 0 unspecified atom stereocenters. The minimum absolute atomic E-state index is 0.0754. The highest BCUT2D eigenvalue weighted by atomic mass is 16.5. The molecule has 1 rings (SSSR count). The molecule has 0 aliphatic carbocycles. The van der Waals surface area contributed by atoms with Crippen LogP contribution in [0.4, 0.5) is 0 Å². The predicted molar refractivity (Wildman–Crippen MR) is 53.7 cm³/mol. The first kappa shape index (κ1) is 11.2. The van der Waals surface area contributed by atoms with Gasteiger partial charge in [-0.1, -0.05) is 19.1 Å². The van der Waals surface area contributed by atoms with Gasteiger partial charge in [-0.25, -0.2) is 0 Å². The second-order valence-corrected chi connectivity index (χ2v) is 3.01. The Morgan fingerprint density at radius 3 is 2.60 bits per heavy atom. The van der Waals surface area contributed by atoms with Crippen molar-refractivity contribution < 1.29 is 19.4 Å². The summed E-state index contributed by atoms with van der Waals surface area (Å²) < 4.78 is 4.81. The molecule has 0 aromatic heterocycles. The van der Waals surface area contributed by atoms with Crippen LogP contribution in [0.1, 0.15) is 19.8 Å². The van der Waals surface area contributed by atoms with Crippen LogP contribution in [0.25, 0.3) is 0 Å². The summed E-state index contributed by atoms with van der Waals surface area (Å²) in [4.78, 5) is 22.1. The number of benzene rings is 1. The van der Waals surface area contributed by atoms with E-state index in [2.05, 4.69) is 0 Å². The Kier molecular flexibility index (Phi) is 3.85. The summed E-state index contributed by atoms with van der Waals surface area (Å²) in [5.41, 5.74) is 0. The predicted octanol–water partition coefficient (Wildman–Crippen LogP) is 1.67. The SMILES string of the molecule is CCC(=O)CC(=O)Oc1ccccc1O. The minimum atomic E-state index is -0.650. The van der Waals surface area contributed by atoms with Crippen molar-refractivity contribution in [1.29, 1.82) is 0 Å². The van der Waals surface area contributed by atoms with Crippen molar-refractivity contribution in [2.75, 3.05) is 0 Å². The minimum Gasteiger partial charge on any atom is -0.504 e. The van der Waals surface area contributed by atoms with Crippen molar-refractivity contribution in [3.8, 4) is 11.5 Å². The summed E-state index contributed by atoms with van der Waals surface area (Å²) in [5.74, 6) is -0.875. The maximum Gasteiger partial charge on any atom is 0.318 e. The van der Waals surface area contributed by atoms with Crippen LogP contribution >= 0.6 is 0 Å². The van der Waals surface area contributed by atoms with Gasteiger partial charge in [-0.05, 0) is 12.1 Å². The normalized spacial score (nSPS) is 9.67. The largest absolute Gasteiger partial charge is 0.504 e. The molecule has 15 heavy (non-hydrogen) atoms. The molecule has 4 nitrogen and oxygen atoms in total. The molecule has 0 heterocycles. The van der Waals surface area contributed by atoms with Gasteiger partial charge in [0.05, 0.1) is 0 Å². The van der Waals surface area contributed by atoms with Crippen LogP contribution in [-0.2, 0) is 9.59 Å². The van der Waals surface area contributed by atoms with E-state index < -0.39 is 5.97 Å². The molecule has 0 radical (unpaired) electrons. The first-order valence-corrected chi connectivity index (χ1v) is 4.64. The van der Waals surface area contributed by atoms with Crippen LogP contribution in [0, 0.1) is 0 Å². The lowest BCUT2D eigenvalue weighted by Crippen LogP contribution is -2.13. The fraction of sp³-hybridized carbons (Fsp3) is 0.273. The Hall–Kier alpha value is -1.84. The van der Waals surface area contributed by atoms with Gasteiger partial charge < -0.3 is 9.84 Å². The molecule has 0 bridgehead atoms. The molecule has 0 atom stereocenters. The van der Waals surface area contributed by atoms with Crippen LogP contribution in [0.2, 0.25) is 0 Å². The van der Waals surface area contributed by atoms with E-state index in [1.165, 1.54) is 12.1 Å². The highest BCUT2D eigenvalue weighted by Crippen LogP contribution is 2.24. The fourth-order valence-corrected chi connectivity index (χ4v) is 0.988. The highest BCUT2D eigenvalue weighted by molar-refractivity contribution is 5.96. The summed E-state index contributed by atoms with van der Waals surface area (Å²) in [7, 11) is 0. The quantitative estimate of drug-likeness (QED) is 0.464. The number of Topliss-reactive ketones (excluding diaryl/α,β-unsaturated/α-hetero) is 1. The number of carbonyl (C=O) groups is 2. The van der Waals surface area contributed by atoms with Crippen molar-refractivity contribution >= 4 is 11.8 Å². The van der Waals surface area contributed by atoms with E-state index in [9.17, 15) is 14.7 Å². The molecule has 0 amide bonds. The lowest BCUT2D eigenvalue weighted by molar-refractivity contribution is -0.138. The average molecular weight is 208 g/mol. The van der Waals surface area contributed by atoms with Gasteiger partial charge in [0.25, 0.3) is 0 Å². The number of para-hydroxylation sites is 2. The maximum atomic E-state index is 11.2. The van der Waals surface area contributed by atoms with E-state index in [1.54, 1.807) is 19.1 Å². The van der Waals surface area contributed by atoms with Gasteiger partial charge in [0.2, 0.25) is 0 Å². The molecule has 1 aromatic carbocycles. The van der Waals surface area contributed by atoms with Gasteiger partial charge in [-0.2, -0.15) is 0 Å². The monoisotopic (exact) mass is 208 g/mol. The van der Waals surface area contributed by atoms with E-state index >= 15 is 0 Å². The number of rotatable bonds is 4. The van der Waals surface area contributed by atoms with Crippen LogP contribution in [0.5, 0.6) is 11.5 Å². The number of ether oxygens (including phenoxy) is 1. The van der Waals surface area contributed by atoms with E-state index in [4.69, 9.17) is 4.74 Å². The van der Waals surface area contributed by atoms with Crippen LogP contribution in [0.3, 0.4) is 0 Å². The summed E-state index contributed by atoms with van der Waals surface area (Å²) in [6, 6.07) is 6.11. The van der Waals surface area contributed by atoms with Crippen molar-refractivity contribution in [2.45, 2.75) is 19.8 Å². The van der Waals surface area contributed by atoms with E-state index in [0.717, 1.165) is 0 Å². The molecular formula is C11H12O4. The zero-order valence-electron chi connectivity index (χ0n) is 8.40. The summed E-state index contributed by atoms with van der Waals surface area (Å²) in [5, 5.41) is 9.29. The van der Waals surface area contributed by atoms with Gasteiger partial charge in [-0.15, -0.1) is 0 Å². The molecule has 0 aliphatic heterocycles. The molecule has 1 aromatic rings. The number of aromatic hydroxyl groups is 1. The van der Waals surface area contributed by atoms with Gasteiger partial charge in [0.1, 0.15) is 12.2 Å². The topological polar surface area (TPSA) is 63.6 Å². The number of ketones is 1. The lowest BCUT2D eigenvalue weighted by Gasteiger charge is -2.04. The van der Waals surface area contributed by atoms with Crippen LogP contribution in [0.15, 0.2) is 24.3 Å². The maximum absolute atomic E-state index is 11.2. The zero-order chi connectivity index (χ0) is 11.3. The summed E-state index contributed by atoms with van der Waals surface area (Å²) in [6.07, 6.45) is 0.0424. The summed E-state index contributed by atoms with van der Waals surface area (Å²) >= 11 is 0. The number of esters is 1. The number of phenols is 1. The Morgan fingerprint density at radius 2 is 2.00 bits per heavy atom. The van der Waals surface area contributed by atoms with Crippen molar-refractivity contribution in [3.63, 3.8) is 0 Å². The van der Waals surface area contributed by atoms with E-state index in [1.807, 2.05) is 0 Å². The zero-order valence-corrected chi connectivity index (χ0v) is 8.40. The van der Waals surface area contributed by atoms with Crippen LogP contribution < -0.4 is 4.74 Å². The third-order valence-corrected chi connectivity index (χ3v) is 1.82. The average Bonchev–Trinajstić information content (AvgIpc) is 2.21. The number of hydrogen-bond donors (Lipinski definition) is 1. The Bertz CT molecular complexity index is 371. The molecule has 0 fully saturated rings. The molecule has 1 N–H and O–H groups in total. The molecule has 0 saturated heterocycles. The second kappa shape index (κ2) is 5.14. The molecule has 0 aliphatic rings. The first-order chi connectivity index (χ1) is 7.13. The smallest absolute Gasteiger partial charge is 0.318 e. The standard InChI is InChI=1S/C11H12O4/c1-2-8(12)7-11(14)15-10-6-4-3-5-9(10)13/h3-6,13H,2,7H2,1H3. The second-order valence-electron chi connectivity index (χ2n) is 3.01. The van der Waals surface area contributed by atoms with E-state index in [-0.39, 0.29) is 23.7 Å². The van der Waals surface area contributed by atoms with Crippen molar-refractivity contribution in [1.82, 2.24) is 0 Å². The fourth-order valence-electron chi connectivity index (χ4n) is 0.988. The number of phenolic OH excluding ortho intramolecular Hbond substituents is 1. The Balaban J connectivity index is 2.59. The molecular weight excluding hydrogens is 196 g/mol. The lowest BCUT2D eigenvalue weighted by atomic mass is 10.2. The Morgan fingerprint density at radius 1 is 1.33 bits per heavy atom. The number of hydrogen-bond acceptors (Lipinski definition) is 4. The van der Waals surface area contributed by atoms with Gasteiger partial charge in [-0.3, -0.25) is 9.59 Å². The third-order valence-electron chi connectivity index (χ3n) is 1.82. The van der Waals surface area contributed by atoms with Crippen molar-refractivity contribution in [2.24, 2.45) is 0 Å². The molecule has 0 saturated carbocycles. The molecule has 80 valence electrons. The highest BCUT2D eigenvalue weighted by Gasteiger charge is 2.11. The van der Waals surface area contributed by atoms with Gasteiger partial charge in [0.15, 0.2) is 11.5 Å². The van der Waals surface area contributed by atoms with Gasteiger partial charge >= 0.3 is 5.97 Å². The van der Waals surface area contributed by atoms with Gasteiger partial charge in [0, 0.05) is 6.42 Å². The van der Waals surface area contributed by atoms with Crippen LogP contribution in [-0.4, -0.2) is 16.9 Å². The molecule has 0 spiro atoms. The molecule has 4 heteroatoms.